The number of phosphoric ester groups is 1. The molecule has 0 aliphatic carbocycles. The molecule has 0 aliphatic heterocycles. The quantitative estimate of drug-likeness (QED) is 0.0266. The minimum Gasteiger partial charge on any atom is -0.462 e. The molecule has 2 unspecified atom stereocenters. The molecule has 3 N–H and O–H groups in total. The molecule has 0 aromatic carbocycles. The van der Waals surface area contributed by atoms with Crippen LogP contribution < -0.4 is 5.73 Å². The van der Waals surface area contributed by atoms with E-state index in [4.69, 9.17) is 24.3 Å². The Bertz CT molecular complexity index is 1150. The van der Waals surface area contributed by atoms with Gasteiger partial charge in [-0.15, -0.1) is 0 Å². The summed E-state index contributed by atoms with van der Waals surface area (Å²) in [6.45, 7) is 3.57. The van der Waals surface area contributed by atoms with Gasteiger partial charge < -0.3 is 20.1 Å². The largest absolute Gasteiger partial charge is 0.472 e. The van der Waals surface area contributed by atoms with E-state index in [1.165, 1.54) is 109 Å². The minimum absolute atomic E-state index is 0.0447. The van der Waals surface area contributed by atoms with Crippen LogP contribution in [0.25, 0.3) is 0 Å². The highest BCUT2D eigenvalue weighted by Gasteiger charge is 2.26. The first-order valence-corrected chi connectivity index (χ1v) is 25.3. The lowest BCUT2D eigenvalue weighted by molar-refractivity contribution is -0.161. The van der Waals surface area contributed by atoms with Crippen LogP contribution in [0.15, 0.2) is 60.8 Å². The third kappa shape index (κ3) is 45.1. The normalized spacial score (nSPS) is 13.8. The molecule has 0 radical (unpaired) electrons. The Hall–Kier alpha value is -2.29. The topological polar surface area (TPSA) is 134 Å². The van der Waals surface area contributed by atoms with Crippen molar-refractivity contribution in [3.05, 3.63) is 60.8 Å². The Balaban J connectivity index is 4.14. The molecule has 59 heavy (non-hydrogen) atoms. The number of hydrogen-bond acceptors (Lipinski definition) is 8. The van der Waals surface area contributed by atoms with Gasteiger partial charge in [0, 0.05) is 19.4 Å². The summed E-state index contributed by atoms with van der Waals surface area (Å²) in [7, 11) is -4.39. The Morgan fingerprint density at radius 1 is 0.525 bits per heavy atom. The number of allylic oxidation sites excluding steroid dienone is 10. The molecule has 0 fully saturated rings. The second-order valence-electron chi connectivity index (χ2n) is 15.6. The fraction of sp³-hybridized carbons (Fsp3) is 0.755. The fourth-order valence-corrected chi connectivity index (χ4v) is 7.20. The standard InChI is InChI=1S/C49H88NO8P/c1-3-5-7-9-11-13-15-17-19-21-22-23-24-26-28-30-32-34-36-38-40-42-49(52)58-47(46-57-59(53,54)56-44-43-50)45-55-48(51)41-39-37-35-33-31-29-27-25-20-18-16-14-12-10-8-6-4-2/h6,8,12,14,18,20,27,29,33,35,47H,3-5,7,9-11,13,15-17,19,21-26,28,30-32,34,36-46,50H2,1-2H3,(H,53,54). The number of unbranched alkanes of at least 4 members (excludes halogenated alkanes) is 21. The molecule has 0 aliphatic rings. The van der Waals surface area contributed by atoms with Gasteiger partial charge in [0.2, 0.25) is 0 Å². The zero-order chi connectivity index (χ0) is 43.2. The van der Waals surface area contributed by atoms with Crippen LogP contribution in [0.1, 0.15) is 206 Å². The summed E-state index contributed by atoms with van der Waals surface area (Å²) >= 11 is 0. The molecule has 0 heterocycles. The molecule has 0 rings (SSSR count). The predicted octanol–water partition coefficient (Wildman–Crippen LogP) is 14.1. The molecular weight excluding hydrogens is 762 g/mol. The average molecular weight is 850 g/mol. The van der Waals surface area contributed by atoms with Crippen molar-refractivity contribution in [2.24, 2.45) is 5.73 Å². The smallest absolute Gasteiger partial charge is 0.462 e. The number of esters is 2. The van der Waals surface area contributed by atoms with E-state index in [0.717, 1.165) is 57.8 Å². The van der Waals surface area contributed by atoms with E-state index in [-0.39, 0.29) is 32.6 Å². The van der Waals surface area contributed by atoms with Gasteiger partial charge in [0.1, 0.15) is 6.61 Å². The summed E-state index contributed by atoms with van der Waals surface area (Å²) in [4.78, 5) is 34.9. The Labute approximate surface area is 361 Å². The van der Waals surface area contributed by atoms with E-state index in [1.807, 2.05) is 6.08 Å². The summed E-state index contributed by atoms with van der Waals surface area (Å²) in [6.07, 6.45) is 54.1. The van der Waals surface area contributed by atoms with Crippen molar-refractivity contribution in [3.63, 3.8) is 0 Å². The number of nitrogens with two attached hydrogens (primary N) is 1. The monoisotopic (exact) mass is 850 g/mol. The Kier molecular flexibility index (Phi) is 43.5. The van der Waals surface area contributed by atoms with Crippen LogP contribution in [0.2, 0.25) is 0 Å². The molecule has 0 spiro atoms. The van der Waals surface area contributed by atoms with Gasteiger partial charge in [0.25, 0.3) is 0 Å². The van der Waals surface area contributed by atoms with E-state index in [9.17, 15) is 19.0 Å². The van der Waals surface area contributed by atoms with Crippen LogP contribution in [-0.2, 0) is 32.7 Å². The molecule has 2 atom stereocenters. The molecule has 0 aromatic rings. The van der Waals surface area contributed by atoms with Crippen molar-refractivity contribution in [3.8, 4) is 0 Å². The molecule has 9 nitrogen and oxygen atoms in total. The second-order valence-corrected chi connectivity index (χ2v) is 17.1. The SMILES string of the molecule is CCC=CCC=CCC=CCC=CCC=CCCCC(=O)OCC(COP(=O)(O)OCCN)OC(=O)CCCCCCCCCCCCCCCCCCCCCCC. The fourth-order valence-electron chi connectivity index (χ4n) is 6.44. The predicted molar refractivity (Wildman–Crippen MR) is 247 cm³/mol. The van der Waals surface area contributed by atoms with Crippen LogP contribution in [0.5, 0.6) is 0 Å². The van der Waals surface area contributed by atoms with E-state index in [1.54, 1.807) is 0 Å². The Morgan fingerprint density at radius 2 is 0.932 bits per heavy atom. The molecule has 10 heteroatoms. The van der Waals surface area contributed by atoms with Gasteiger partial charge in [0.05, 0.1) is 13.2 Å². The van der Waals surface area contributed by atoms with Gasteiger partial charge in [-0.2, -0.15) is 0 Å². The van der Waals surface area contributed by atoms with Gasteiger partial charge in [-0.3, -0.25) is 18.6 Å². The summed E-state index contributed by atoms with van der Waals surface area (Å²) in [6, 6.07) is 0. The maximum atomic E-state index is 12.6. The van der Waals surface area contributed by atoms with E-state index in [2.05, 4.69) is 68.5 Å². The molecule has 0 saturated carbocycles. The van der Waals surface area contributed by atoms with Crippen LogP contribution in [0.4, 0.5) is 0 Å². The van der Waals surface area contributed by atoms with Gasteiger partial charge in [-0.1, -0.05) is 203 Å². The number of phosphoric acid groups is 1. The molecule has 0 amide bonds. The van der Waals surface area contributed by atoms with E-state index >= 15 is 0 Å². The van der Waals surface area contributed by atoms with Gasteiger partial charge in [-0.25, -0.2) is 4.57 Å². The van der Waals surface area contributed by atoms with E-state index < -0.39 is 32.5 Å². The van der Waals surface area contributed by atoms with Crippen LogP contribution >= 0.6 is 7.82 Å². The molecule has 342 valence electrons. The summed E-state index contributed by atoms with van der Waals surface area (Å²) in [5, 5.41) is 0. The first-order chi connectivity index (χ1) is 28.8. The van der Waals surface area contributed by atoms with Crippen molar-refractivity contribution in [1.82, 2.24) is 0 Å². The summed E-state index contributed by atoms with van der Waals surface area (Å²) < 4.78 is 32.8. The van der Waals surface area contributed by atoms with Crippen LogP contribution in [-0.4, -0.2) is 49.3 Å². The van der Waals surface area contributed by atoms with Crippen molar-refractivity contribution >= 4 is 19.8 Å². The number of carbonyl (C=O) groups excluding carboxylic acids is 2. The maximum absolute atomic E-state index is 12.6. The molecular formula is C49H88NO8P. The highest BCUT2D eigenvalue weighted by Crippen LogP contribution is 2.43. The molecule has 0 saturated heterocycles. The average Bonchev–Trinajstić information content (AvgIpc) is 3.22. The second kappa shape index (κ2) is 45.2. The van der Waals surface area contributed by atoms with Gasteiger partial charge in [0.15, 0.2) is 6.10 Å². The lowest BCUT2D eigenvalue weighted by Gasteiger charge is -2.19. The van der Waals surface area contributed by atoms with Crippen molar-refractivity contribution in [1.29, 1.82) is 0 Å². The number of ether oxygens (including phenoxy) is 2. The zero-order valence-corrected chi connectivity index (χ0v) is 38.6. The van der Waals surface area contributed by atoms with Gasteiger partial charge >= 0.3 is 19.8 Å². The number of rotatable bonds is 44. The van der Waals surface area contributed by atoms with Crippen molar-refractivity contribution in [2.45, 2.75) is 213 Å². The third-order valence-electron chi connectivity index (χ3n) is 9.92. The Morgan fingerprint density at radius 3 is 1.37 bits per heavy atom. The highest BCUT2D eigenvalue weighted by molar-refractivity contribution is 7.47. The van der Waals surface area contributed by atoms with Crippen molar-refractivity contribution < 1.29 is 37.6 Å². The zero-order valence-electron chi connectivity index (χ0n) is 37.7. The third-order valence-corrected chi connectivity index (χ3v) is 10.9. The number of hydrogen-bond donors (Lipinski definition) is 2. The minimum atomic E-state index is -4.39. The van der Waals surface area contributed by atoms with Crippen LogP contribution in [0.3, 0.4) is 0 Å². The summed E-state index contributed by atoms with van der Waals surface area (Å²) in [5.41, 5.74) is 5.35. The van der Waals surface area contributed by atoms with Gasteiger partial charge in [-0.05, 0) is 51.4 Å². The lowest BCUT2D eigenvalue weighted by atomic mass is 10.0. The molecule has 0 bridgehead atoms. The summed E-state index contributed by atoms with van der Waals surface area (Å²) in [5.74, 6) is -0.893. The van der Waals surface area contributed by atoms with Crippen LogP contribution in [0, 0.1) is 0 Å². The molecule has 0 aromatic heterocycles. The number of carbonyl (C=O) groups is 2. The highest BCUT2D eigenvalue weighted by atomic mass is 31.2. The first-order valence-electron chi connectivity index (χ1n) is 23.8. The lowest BCUT2D eigenvalue weighted by Crippen LogP contribution is -2.29. The first kappa shape index (κ1) is 56.7. The maximum Gasteiger partial charge on any atom is 0.472 e. The van der Waals surface area contributed by atoms with E-state index in [0.29, 0.717) is 12.8 Å². The van der Waals surface area contributed by atoms with Crippen molar-refractivity contribution in [2.75, 3.05) is 26.4 Å².